The highest BCUT2D eigenvalue weighted by Crippen LogP contribution is 2.33. The van der Waals surface area contributed by atoms with Crippen LogP contribution in [0.2, 0.25) is 0 Å². The minimum atomic E-state index is 0.204. The Morgan fingerprint density at radius 3 is 2.92 bits per heavy atom. The van der Waals surface area contributed by atoms with Crippen LogP contribution >= 0.6 is 11.3 Å². The molecule has 3 heterocycles. The normalized spacial score (nSPS) is 19.8. The Balaban J connectivity index is 1.74. The van der Waals surface area contributed by atoms with Gasteiger partial charge < -0.3 is 9.64 Å². The van der Waals surface area contributed by atoms with Crippen LogP contribution in [0.5, 0.6) is 0 Å². The molecule has 1 aliphatic heterocycles. The number of hydrogen-bond acceptors (Lipinski definition) is 4. The van der Waals surface area contributed by atoms with Crippen molar-refractivity contribution in [1.29, 1.82) is 0 Å². The molecule has 5 heteroatoms. The van der Waals surface area contributed by atoms with E-state index in [0.29, 0.717) is 0 Å². The standard InChI is InChI=1S/C20H21N3OS/c1-22-11-3-5-15(14-22)18-13-19(20-6-4-12-25-20)23(21-18)16-7-9-17(24-2)10-8-16/h3-7,9-10,12-14,16H,8,11H2,1-2H3. The Kier molecular flexibility index (Phi) is 4.32. The minimum Gasteiger partial charge on any atom is -0.497 e. The minimum absolute atomic E-state index is 0.204. The summed E-state index contributed by atoms with van der Waals surface area (Å²) in [7, 11) is 3.79. The lowest BCUT2D eigenvalue weighted by atomic mass is 10.1. The van der Waals surface area contributed by atoms with Crippen LogP contribution in [0.3, 0.4) is 0 Å². The number of hydrogen-bond donors (Lipinski definition) is 0. The molecule has 0 saturated heterocycles. The molecule has 2 aromatic heterocycles. The summed E-state index contributed by atoms with van der Waals surface area (Å²) in [6, 6.07) is 6.65. The topological polar surface area (TPSA) is 30.3 Å². The van der Waals surface area contributed by atoms with Gasteiger partial charge in [0.15, 0.2) is 0 Å². The molecule has 0 saturated carbocycles. The van der Waals surface area contributed by atoms with Gasteiger partial charge in [-0.15, -0.1) is 11.3 Å². The van der Waals surface area contributed by atoms with Gasteiger partial charge in [0.2, 0.25) is 0 Å². The Bertz CT molecular complexity index is 871. The molecule has 0 fully saturated rings. The van der Waals surface area contributed by atoms with Crippen LogP contribution < -0.4 is 0 Å². The number of nitrogens with zero attached hydrogens (tertiary/aromatic N) is 3. The van der Waals surface area contributed by atoms with Gasteiger partial charge in [-0.3, -0.25) is 4.68 Å². The number of ether oxygens (including phenoxy) is 1. The smallest absolute Gasteiger partial charge is 0.114 e. The fraction of sp³-hybridized carbons (Fsp3) is 0.250. The first-order chi connectivity index (χ1) is 12.2. The number of allylic oxidation sites excluding steroid dienone is 5. The lowest BCUT2D eigenvalue weighted by Gasteiger charge is -2.19. The first-order valence-corrected chi connectivity index (χ1v) is 9.27. The van der Waals surface area contributed by atoms with E-state index >= 15 is 0 Å². The molecule has 0 aromatic carbocycles. The third-order valence-electron chi connectivity index (χ3n) is 4.45. The van der Waals surface area contributed by atoms with Crippen LogP contribution in [0, 0.1) is 0 Å². The van der Waals surface area contributed by atoms with Crippen molar-refractivity contribution in [1.82, 2.24) is 14.7 Å². The van der Waals surface area contributed by atoms with Crippen molar-refractivity contribution in [2.45, 2.75) is 12.5 Å². The van der Waals surface area contributed by atoms with E-state index in [1.54, 1.807) is 18.4 Å². The Morgan fingerprint density at radius 1 is 1.32 bits per heavy atom. The van der Waals surface area contributed by atoms with Gasteiger partial charge in [0.25, 0.3) is 0 Å². The number of thiophene rings is 1. The molecule has 4 nitrogen and oxygen atoms in total. The Morgan fingerprint density at radius 2 is 2.24 bits per heavy atom. The monoisotopic (exact) mass is 351 g/mol. The fourth-order valence-corrected chi connectivity index (χ4v) is 3.88. The van der Waals surface area contributed by atoms with E-state index in [2.05, 4.69) is 70.7 Å². The average Bonchev–Trinajstić information content (AvgIpc) is 3.31. The number of aromatic nitrogens is 2. The molecule has 1 atom stereocenters. The van der Waals surface area contributed by atoms with E-state index in [-0.39, 0.29) is 6.04 Å². The highest BCUT2D eigenvalue weighted by molar-refractivity contribution is 7.13. The van der Waals surface area contributed by atoms with Crippen LogP contribution in [-0.4, -0.2) is 35.4 Å². The molecule has 2 aromatic rings. The molecule has 0 bridgehead atoms. The third kappa shape index (κ3) is 3.20. The first kappa shape index (κ1) is 16.0. The van der Waals surface area contributed by atoms with E-state index in [1.807, 2.05) is 6.08 Å². The van der Waals surface area contributed by atoms with Crippen molar-refractivity contribution in [2.24, 2.45) is 0 Å². The zero-order valence-electron chi connectivity index (χ0n) is 14.4. The molecule has 0 spiro atoms. The van der Waals surface area contributed by atoms with Gasteiger partial charge in [0, 0.05) is 25.4 Å². The first-order valence-electron chi connectivity index (χ1n) is 8.39. The van der Waals surface area contributed by atoms with Gasteiger partial charge in [-0.2, -0.15) is 5.10 Å². The second-order valence-electron chi connectivity index (χ2n) is 6.24. The van der Waals surface area contributed by atoms with Crippen LogP contribution in [-0.2, 0) is 4.74 Å². The molecule has 1 unspecified atom stereocenters. The molecule has 2 aliphatic rings. The molecular formula is C20H21N3OS. The van der Waals surface area contributed by atoms with Crippen LogP contribution in [0.15, 0.2) is 65.9 Å². The van der Waals surface area contributed by atoms with Gasteiger partial charge in [-0.05, 0) is 36.1 Å². The van der Waals surface area contributed by atoms with E-state index in [9.17, 15) is 0 Å². The molecule has 0 radical (unpaired) electrons. The number of likely N-dealkylation sites (N-methyl/N-ethyl adjacent to an activating group) is 1. The Labute approximate surface area is 152 Å². The van der Waals surface area contributed by atoms with Crippen molar-refractivity contribution in [3.63, 3.8) is 0 Å². The zero-order valence-corrected chi connectivity index (χ0v) is 15.2. The van der Waals surface area contributed by atoms with Gasteiger partial charge in [-0.25, -0.2) is 0 Å². The van der Waals surface area contributed by atoms with Gasteiger partial charge >= 0.3 is 0 Å². The molecular weight excluding hydrogens is 330 g/mol. The summed E-state index contributed by atoms with van der Waals surface area (Å²) >= 11 is 1.75. The van der Waals surface area contributed by atoms with E-state index < -0.39 is 0 Å². The fourth-order valence-electron chi connectivity index (χ4n) is 3.15. The maximum Gasteiger partial charge on any atom is 0.114 e. The van der Waals surface area contributed by atoms with Crippen molar-refractivity contribution in [3.8, 4) is 10.6 Å². The van der Waals surface area contributed by atoms with Crippen molar-refractivity contribution in [3.05, 3.63) is 71.6 Å². The van der Waals surface area contributed by atoms with Gasteiger partial charge in [0.05, 0.1) is 29.4 Å². The lowest BCUT2D eigenvalue weighted by Crippen LogP contribution is -2.14. The van der Waals surface area contributed by atoms with E-state index in [4.69, 9.17) is 9.84 Å². The summed E-state index contributed by atoms with van der Waals surface area (Å²) in [6.07, 6.45) is 13.7. The summed E-state index contributed by atoms with van der Waals surface area (Å²) < 4.78 is 7.46. The van der Waals surface area contributed by atoms with Gasteiger partial charge in [-0.1, -0.05) is 24.3 Å². The number of methoxy groups -OCH3 is 1. The molecule has 4 rings (SSSR count). The largest absolute Gasteiger partial charge is 0.497 e. The number of rotatable bonds is 4. The van der Waals surface area contributed by atoms with Gasteiger partial charge in [0.1, 0.15) is 5.76 Å². The van der Waals surface area contributed by atoms with Crippen LogP contribution in [0.1, 0.15) is 18.2 Å². The SMILES string of the molecule is COC1=CCC(n2nc(C3=CN(C)CC=C3)cc2-c2cccs2)C=C1. The van der Waals surface area contributed by atoms with E-state index in [0.717, 1.165) is 35.7 Å². The summed E-state index contributed by atoms with van der Waals surface area (Å²) in [5.41, 5.74) is 3.33. The average molecular weight is 351 g/mol. The second-order valence-corrected chi connectivity index (χ2v) is 7.18. The van der Waals surface area contributed by atoms with Crippen molar-refractivity contribution in [2.75, 3.05) is 20.7 Å². The molecule has 128 valence electrons. The summed E-state index contributed by atoms with van der Waals surface area (Å²) in [4.78, 5) is 3.41. The summed E-state index contributed by atoms with van der Waals surface area (Å²) in [6.45, 7) is 0.942. The molecule has 25 heavy (non-hydrogen) atoms. The predicted molar refractivity (Wildman–Crippen MR) is 103 cm³/mol. The third-order valence-corrected chi connectivity index (χ3v) is 5.34. The molecule has 1 aliphatic carbocycles. The van der Waals surface area contributed by atoms with Crippen molar-refractivity contribution < 1.29 is 4.74 Å². The maximum absolute atomic E-state index is 5.31. The quantitative estimate of drug-likeness (QED) is 0.813. The summed E-state index contributed by atoms with van der Waals surface area (Å²) in [5, 5.41) is 7.07. The molecule has 0 amide bonds. The summed E-state index contributed by atoms with van der Waals surface area (Å²) in [5.74, 6) is 0.917. The highest BCUT2D eigenvalue weighted by atomic mass is 32.1. The predicted octanol–water partition coefficient (Wildman–Crippen LogP) is 4.49. The molecule has 0 N–H and O–H groups in total. The lowest BCUT2D eigenvalue weighted by molar-refractivity contribution is 0.301. The van der Waals surface area contributed by atoms with Crippen LogP contribution in [0.4, 0.5) is 0 Å². The zero-order chi connectivity index (χ0) is 17.2. The van der Waals surface area contributed by atoms with Crippen LogP contribution in [0.25, 0.3) is 16.1 Å². The second kappa shape index (κ2) is 6.76. The highest BCUT2D eigenvalue weighted by Gasteiger charge is 2.20. The Hall–Kier alpha value is -2.53. The van der Waals surface area contributed by atoms with Crippen molar-refractivity contribution >= 4 is 16.9 Å². The van der Waals surface area contributed by atoms with E-state index in [1.165, 1.54) is 4.88 Å². The maximum atomic E-state index is 5.31.